The van der Waals surface area contributed by atoms with Gasteiger partial charge in [-0.15, -0.1) is 0 Å². The maximum atomic E-state index is 5.92. The Balaban J connectivity index is 2.76. The first kappa shape index (κ1) is 9.82. The Morgan fingerprint density at radius 1 is 1.23 bits per heavy atom. The van der Waals surface area contributed by atoms with Crippen LogP contribution in [0.3, 0.4) is 0 Å². The molecule has 1 rings (SSSR count). The summed E-state index contributed by atoms with van der Waals surface area (Å²) in [5.41, 5.74) is 1.10. The Morgan fingerprint density at radius 2 is 1.92 bits per heavy atom. The summed E-state index contributed by atoms with van der Waals surface area (Å²) in [6, 6.07) is 9.94. The number of hydrogen-bond donors (Lipinski definition) is 0. The van der Waals surface area contributed by atoms with Crippen LogP contribution in [0, 0.1) is 0 Å². The predicted octanol–water partition coefficient (Wildman–Crippen LogP) is 4.01. The first-order valence-corrected chi connectivity index (χ1v) is 4.42. The van der Waals surface area contributed by atoms with Gasteiger partial charge in [0.2, 0.25) is 0 Å². The van der Waals surface area contributed by atoms with E-state index >= 15 is 0 Å². The Bertz CT molecular complexity index is 320. The Kier molecular flexibility index (Phi) is 4.07. The predicted molar refractivity (Wildman–Crippen MR) is 59.6 cm³/mol. The molecule has 1 aromatic carbocycles. The van der Waals surface area contributed by atoms with Crippen molar-refractivity contribution in [2.75, 3.05) is 0 Å². The van der Waals surface area contributed by atoms with Crippen LogP contribution in [-0.4, -0.2) is 0 Å². The number of rotatable bonds is 3. The van der Waals surface area contributed by atoms with Crippen molar-refractivity contribution in [2.45, 2.75) is 0 Å². The van der Waals surface area contributed by atoms with Crippen molar-refractivity contribution in [3.63, 3.8) is 0 Å². The van der Waals surface area contributed by atoms with Crippen molar-refractivity contribution in [1.82, 2.24) is 0 Å². The second-order valence-corrected chi connectivity index (χ2v) is 2.97. The van der Waals surface area contributed by atoms with Gasteiger partial charge in [-0.25, -0.2) is 0 Å². The zero-order valence-corrected chi connectivity index (χ0v) is 8.04. The lowest BCUT2D eigenvalue weighted by Crippen LogP contribution is -1.69. The molecule has 0 amide bonds. The van der Waals surface area contributed by atoms with Crippen LogP contribution in [-0.2, 0) is 0 Å². The van der Waals surface area contributed by atoms with E-state index in [1.807, 2.05) is 48.6 Å². The van der Waals surface area contributed by atoms with E-state index in [4.69, 9.17) is 11.6 Å². The van der Waals surface area contributed by atoms with Gasteiger partial charge in [0, 0.05) is 5.03 Å². The molecule has 0 N–H and O–H groups in total. The van der Waals surface area contributed by atoms with Crippen LogP contribution >= 0.6 is 11.6 Å². The largest absolute Gasteiger partial charge is 0.0991 e. The molecule has 0 aliphatic carbocycles. The first-order chi connectivity index (χ1) is 6.33. The molecule has 0 aliphatic heterocycles. The van der Waals surface area contributed by atoms with Crippen molar-refractivity contribution < 1.29 is 0 Å². The van der Waals surface area contributed by atoms with E-state index in [1.165, 1.54) is 0 Å². The van der Waals surface area contributed by atoms with E-state index in [2.05, 4.69) is 6.58 Å². The van der Waals surface area contributed by atoms with E-state index in [0.717, 1.165) is 5.56 Å². The second kappa shape index (κ2) is 5.39. The molecule has 0 atom stereocenters. The second-order valence-electron chi connectivity index (χ2n) is 2.53. The molecular weight excluding hydrogens is 180 g/mol. The van der Waals surface area contributed by atoms with Crippen molar-refractivity contribution in [1.29, 1.82) is 0 Å². The number of benzene rings is 1. The van der Waals surface area contributed by atoms with Gasteiger partial charge >= 0.3 is 0 Å². The average Bonchev–Trinajstić information content (AvgIpc) is 2.16. The number of allylic oxidation sites excluding steroid dienone is 4. The summed E-state index contributed by atoms with van der Waals surface area (Å²) in [6.07, 6.45) is 7.21. The minimum Gasteiger partial charge on any atom is -0.0991 e. The number of hydrogen-bond acceptors (Lipinski definition) is 0. The summed E-state index contributed by atoms with van der Waals surface area (Å²) in [4.78, 5) is 0. The monoisotopic (exact) mass is 190 g/mol. The van der Waals surface area contributed by atoms with Crippen LogP contribution in [0.2, 0.25) is 0 Å². The van der Waals surface area contributed by atoms with Gasteiger partial charge in [-0.2, -0.15) is 0 Å². The van der Waals surface area contributed by atoms with Crippen LogP contribution in [0.4, 0.5) is 0 Å². The molecular formula is C12H11Cl. The summed E-state index contributed by atoms with van der Waals surface area (Å²) in [5, 5.41) is 0.700. The fourth-order valence-electron chi connectivity index (χ4n) is 0.917. The molecule has 0 aromatic heterocycles. The summed E-state index contributed by atoms with van der Waals surface area (Å²) < 4.78 is 0. The highest BCUT2D eigenvalue weighted by Gasteiger charge is 1.86. The quantitative estimate of drug-likeness (QED) is 0.632. The molecule has 0 bridgehead atoms. The lowest BCUT2D eigenvalue weighted by Gasteiger charge is -1.91. The molecule has 0 nitrogen and oxygen atoms in total. The molecule has 0 fully saturated rings. The maximum Gasteiger partial charge on any atom is 0.0411 e. The molecule has 1 heteroatoms. The molecule has 0 spiro atoms. The molecule has 0 saturated carbocycles. The van der Waals surface area contributed by atoms with Gasteiger partial charge < -0.3 is 0 Å². The average molecular weight is 191 g/mol. The standard InChI is InChI=1S/C12H11Cl/c1-2-3-9-12(13)10-11-7-5-4-6-8-11/h2-10H,1H2/b9-3+,12-10-. The molecule has 0 heterocycles. The van der Waals surface area contributed by atoms with Gasteiger partial charge in [-0.1, -0.05) is 60.7 Å². The highest BCUT2D eigenvalue weighted by molar-refractivity contribution is 6.33. The van der Waals surface area contributed by atoms with Crippen LogP contribution in [0.5, 0.6) is 0 Å². The summed E-state index contributed by atoms with van der Waals surface area (Å²) >= 11 is 5.92. The smallest absolute Gasteiger partial charge is 0.0411 e. The third kappa shape index (κ3) is 3.77. The van der Waals surface area contributed by atoms with Gasteiger partial charge in [0.15, 0.2) is 0 Å². The van der Waals surface area contributed by atoms with Gasteiger partial charge in [-0.05, 0) is 17.7 Å². The zero-order valence-electron chi connectivity index (χ0n) is 7.28. The summed E-state index contributed by atoms with van der Waals surface area (Å²) in [6.45, 7) is 3.57. The van der Waals surface area contributed by atoms with E-state index in [9.17, 15) is 0 Å². The Hall–Kier alpha value is -1.27. The van der Waals surface area contributed by atoms with Gasteiger partial charge in [0.05, 0.1) is 0 Å². The van der Waals surface area contributed by atoms with Gasteiger partial charge in [-0.3, -0.25) is 0 Å². The van der Waals surface area contributed by atoms with Crippen LogP contribution in [0.15, 0.2) is 60.2 Å². The molecule has 13 heavy (non-hydrogen) atoms. The molecule has 0 unspecified atom stereocenters. The Morgan fingerprint density at radius 3 is 2.54 bits per heavy atom. The fraction of sp³-hybridized carbons (Fsp3) is 0. The lowest BCUT2D eigenvalue weighted by atomic mass is 10.2. The minimum absolute atomic E-state index is 0.700. The first-order valence-electron chi connectivity index (χ1n) is 4.04. The maximum absolute atomic E-state index is 5.92. The third-order valence-electron chi connectivity index (χ3n) is 1.50. The van der Waals surface area contributed by atoms with E-state index in [-0.39, 0.29) is 0 Å². The molecule has 0 radical (unpaired) electrons. The van der Waals surface area contributed by atoms with Crippen molar-refractivity contribution in [3.8, 4) is 0 Å². The Labute approximate surface area is 83.9 Å². The van der Waals surface area contributed by atoms with E-state index < -0.39 is 0 Å². The SMILES string of the molecule is C=C/C=C/C(Cl)=C/c1ccccc1. The van der Waals surface area contributed by atoms with Crippen molar-refractivity contribution in [3.05, 3.63) is 65.7 Å². The zero-order chi connectivity index (χ0) is 9.52. The lowest BCUT2D eigenvalue weighted by molar-refractivity contribution is 1.65. The summed E-state index contributed by atoms with van der Waals surface area (Å²) in [5.74, 6) is 0. The van der Waals surface area contributed by atoms with Crippen molar-refractivity contribution in [2.24, 2.45) is 0 Å². The van der Waals surface area contributed by atoms with Crippen molar-refractivity contribution >= 4 is 17.7 Å². The minimum atomic E-state index is 0.700. The van der Waals surface area contributed by atoms with Gasteiger partial charge in [0.1, 0.15) is 0 Å². The molecule has 0 aliphatic rings. The molecule has 1 aromatic rings. The van der Waals surface area contributed by atoms with E-state index in [1.54, 1.807) is 6.08 Å². The number of halogens is 1. The van der Waals surface area contributed by atoms with Crippen LogP contribution in [0.1, 0.15) is 5.56 Å². The van der Waals surface area contributed by atoms with Gasteiger partial charge in [0.25, 0.3) is 0 Å². The molecule has 66 valence electrons. The van der Waals surface area contributed by atoms with Crippen LogP contribution in [0.25, 0.3) is 6.08 Å². The highest BCUT2D eigenvalue weighted by Crippen LogP contribution is 2.10. The summed E-state index contributed by atoms with van der Waals surface area (Å²) in [7, 11) is 0. The van der Waals surface area contributed by atoms with Crippen LogP contribution < -0.4 is 0 Å². The highest BCUT2D eigenvalue weighted by atomic mass is 35.5. The normalized spacial score (nSPS) is 11.9. The van der Waals surface area contributed by atoms with E-state index in [0.29, 0.717) is 5.03 Å². The topological polar surface area (TPSA) is 0 Å². The fourth-order valence-corrected chi connectivity index (χ4v) is 1.12. The third-order valence-corrected chi connectivity index (χ3v) is 1.73. The molecule has 0 saturated heterocycles.